The van der Waals surface area contributed by atoms with Crippen LogP contribution in [0.1, 0.15) is 19.7 Å². The van der Waals surface area contributed by atoms with Crippen molar-refractivity contribution in [3.8, 4) is 0 Å². The Morgan fingerprint density at radius 1 is 1.43 bits per heavy atom. The minimum absolute atomic E-state index is 0.678. The summed E-state index contributed by atoms with van der Waals surface area (Å²) in [5, 5.41) is 6.97. The predicted molar refractivity (Wildman–Crippen MR) is 53.8 cm³/mol. The van der Waals surface area contributed by atoms with E-state index >= 15 is 0 Å². The molecule has 0 atom stereocenters. The monoisotopic (exact) mass is 198 g/mol. The molecule has 1 N–H and O–H groups in total. The second-order valence-electron chi connectivity index (χ2n) is 3.05. The number of aromatic nitrogens is 2. The molecule has 5 nitrogen and oxygen atoms in total. The van der Waals surface area contributed by atoms with Gasteiger partial charge in [0, 0.05) is 13.1 Å². The molecule has 1 aromatic heterocycles. The van der Waals surface area contributed by atoms with Gasteiger partial charge in [0.05, 0.1) is 6.54 Å². The maximum absolute atomic E-state index is 4.62. The maximum atomic E-state index is 4.62. The summed E-state index contributed by atoms with van der Waals surface area (Å²) in [5.74, 6) is 0.713. The molecule has 0 aliphatic heterocycles. The van der Waals surface area contributed by atoms with E-state index in [0.29, 0.717) is 12.4 Å². The van der Waals surface area contributed by atoms with Gasteiger partial charge in [0.2, 0.25) is 6.39 Å². The predicted octanol–water partition coefficient (Wildman–Crippen LogP) is 0.501. The van der Waals surface area contributed by atoms with Gasteiger partial charge in [-0.25, -0.2) is 0 Å². The van der Waals surface area contributed by atoms with E-state index in [0.717, 1.165) is 26.2 Å². The molecule has 0 saturated heterocycles. The molecule has 0 bridgehead atoms. The SMILES string of the molecule is CCN(CC)CCNCc1ncon1. The van der Waals surface area contributed by atoms with Crippen molar-refractivity contribution in [3.63, 3.8) is 0 Å². The van der Waals surface area contributed by atoms with E-state index in [9.17, 15) is 0 Å². The minimum atomic E-state index is 0.678. The molecule has 0 aliphatic rings. The summed E-state index contributed by atoms with van der Waals surface area (Å²) in [7, 11) is 0. The van der Waals surface area contributed by atoms with E-state index in [1.807, 2.05) is 0 Å². The van der Waals surface area contributed by atoms with Crippen LogP contribution in [-0.4, -0.2) is 41.2 Å². The summed E-state index contributed by atoms with van der Waals surface area (Å²) >= 11 is 0. The molecule has 1 aromatic rings. The number of nitrogens with zero attached hydrogens (tertiary/aromatic N) is 3. The fourth-order valence-corrected chi connectivity index (χ4v) is 1.25. The molecule has 0 aliphatic carbocycles. The first-order chi connectivity index (χ1) is 6.86. The summed E-state index contributed by atoms with van der Waals surface area (Å²) in [4.78, 5) is 6.28. The lowest BCUT2D eigenvalue weighted by Gasteiger charge is -2.17. The Balaban J connectivity index is 2.04. The molecular weight excluding hydrogens is 180 g/mol. The van der Waals surface area contributed by atoms with Crippen molar-refractivity contribution in [2.24, 2.45) is 0 Å². The van der Waals surface area contributed by atoms with Crippen LogP contribution < -0.4 is 5.32 Å². The molecule has 0 spiro atoms. The van der Waals surface area contributed by atoms with Gasteiger partial charge in [0.1, 0.15) is 0 Å². The van der Waals surface area contributed by atoms with Gasteiger partial charge in [-0.05, 0) is 13.1 Å². The summed E-state index contributed by atoms with van der Waals surface area (Å²) in [6.07, 6.45) is 1.35. The van der Waals surface area contributed by atoms with Crippen LogP contribution in [0.15, 0.2) is 10.9 Å². The van der Waals surface area contributed by atoms with Gasteiger partial charge < -0.3 is 14.7 Å². The van der Waals surface area contributed by atoms with Gasteiger partial charge in [-0.15, -0.1) is 0 Å². The molecule has 1 rings (SSSR count). The van der Waals surface area contributed by atoms with Gasteiger partial charge >= 0.3 is 0 Å². The first-order valence-corrected chi connectivity index (χ1v) is 5.05. The number of likely N-dealkylation sites (N-methyl/N-ethyl adjacent to an activating group) is 1. The zero-order valence-electron chi connectivity index (χ0n) is 8.86. The lowest BCUT2D eigenvalue weighted by molar-refractivity contribution is 0.301. The van der Waals surface area contributed by atoms with E-state index in [4.69, 9.17) is 0 Å². The zero-order valence-corrected chi connectivity index (χ0v) is 8.86. The summed E-state index contributed by atoms with van der Waals surface area (Å²) in [6.45, 7) is 9.23. The quantitative estimate of drug-likeness (QED) is 0.647. The molecule has 80 valence electrons. The van der Waals surface area contributed by atoms with Crippen LogP contribution in [0, 0.1) is 0 Å². The number of nitrogens with one attached hydrogen (secondary N) is 1. The normalized spacial score (nSPS) is 11.1. The Hall–Kier alpha value is -0.940. The van der Waals surface area contributed by atoms with Gasteiger partial charge in [0.15, 0.2) is 5.82 Å². The smallest absolute Gasteiger partial charge is 0.213 e. The Morgan fingerprint density at radius 2 is 2.21 bits per heavy atom. The van der Waals surface area contributed by atoms with E-state index in [2.05, 4.69) is 38.7 Å². The minimum Gasteiger partial charge on any atom is -0.343 e. The number of hydrogen-bond acceptors (Lipinski definition) is 5. The topological polar surface area (TPSA) is 54.2 Å². The molecule has 0 unspecified atom stereocenters. The Bertz CT molecular complexity index is 221. The fourth-order valence-electron chi connectivity index (χ4n) is 1.25. The Morgan fingerprint density at radius 3 is 2.79 bits per heavy atom. The molecule has 14 heavy (non-hydrogen) atoms. The van der Waals surface area contributed by atoms with Gasteiger partial charge in [-0.3, -0.25) is 0 Å². The first kappa shape index (κ1) is 11.1. The molecule has 0 saturated carbocycles. The molecule has 5 heteroatoms. The van der Waals surface area contributed by atoms with Crippen LogP contribution in [0.4, 0.5) is 0 Å². The van der Waals surface area contributed by atoms with E-state index < -0.39 is 0 Å². The van der Waals surface area contributed by atoms with Crippen LogP contribution in [0.5, 0.6) is 0 Å². The van der Waals surface area contributed by atoms with Crippen LogP contribution >= 0.6 is 0 Å². The largest absolute Gasteiger partial charge is 0.343 e. The second kappa shape index (κ2) is 6.50. The third kappa shape index (κ3) is 3.85. The molecule has 0 fully saturated rings. The third-order valence-corrected chi connectivity index (χ3v) is 2.19. The van der Waals surface area contributed by atoms with Gasteiger partial charge in [0.25, 0.3) is 0 Å². The first-order valence-electron chi connectivity index (χ1n) is 5.05. The van der Waals surface area contributed by atoms with Crippen molar-refractivity contribution in [2.75, 3.05) is 26.2 Å². The van der Waals surface area contributed by atoms with Crippen molar-refractivity contribution in [1.29, 1.82) is 0 Å². The Kier molecular flexibility index (Phi) is 5.17. The highest BCUT2D eigenvalue weighted by Crippen LogP contribution is 1.87. The highest BCUT2D eigenvalue weighted by molar-refractivity contribution is 4.76. The van der Waals surface area contributed by atoms with Crippen molar-refractivity contribution in [3.05, 3.63) is 12.2 Å². The highest BCUT2D eigenvalue weighted by Gasteiger charge is 1.99. The molecule has 1 heterocycles. The number of hydrogen-bond donors (Lipinski definition) is 1. The van der Waals surface area contributed by atoms with Crippen LogP contribution in [0.3, 0.4) is 0 Å². The summed E-state index contributed by atoms with van der Waals surface area (Å²) < 4.78 is 4.62. The van der Waals surface area contributed by atoms with Crippen LogP contribution in [0.25, 0.3) is 0 Å². The summed E-state index contributed by atoms with van der Waals surface area (Å²) in [6, 6.07) is 0. The second-order valence-corrected chi connectivity index (χ2v) is 3.05. The average molecular weight is 198 g/mol. The van der Waals surface area contributed by atoms with Crippen molar-refractivity contribution in [1.82, 2.24) is 20.4 Å². The van der Waals surface area contributed by atoms with E-state index in [1.165, 1.54) is 6.39 Å². The third-order valence-electron chi connectivity index (χ3n) is 2.19. The van der Waals surface area contributed by atoms with Crippen LogP contribution in [0.2, 0.25) is 0 Å². The summed E-state index contributed by atoms with van der Waals surface area (Å²) in [5.41, 5.74) is 0. The molecule has 0 aromatic carbocycles. The zero-order chi connectivity index (χ0) is 10.2. The lowest BCUT2D eigenvalue weighted by atomic mass is 10.4. The maximum Gasteiger partial charge on any atom is 0.213 e. The highest BCUT2D eigenvalue weighted by atomic mass is 16.5. The molecule has 0 amide bonds. The van der Waals surface area contributed by atoms with E-state index in [-0.39, 0.29) is 0 Å². The van der Waals surface area contributed by atoms with Crippen molar-refractivity contribution in [2.45, 2.75) is 20.4 Å². The standard InChI is InChI=1S/C9H18N4O/c1-3-13(4-2)6-5-10-7-9-11-8-14-12-9/h8,10H,3-7H2,1-2H3. The van der Waals surface area contributed by atoms with Gasteiger partial charge in [-0.1, -0.05) is 19.0 Å². The van der Waals surface area contributed by atoms with Crippen LogP contribution in [-0.2, 0) is 6.54 Å². The average Bonchev–Trinajstić information content (AvgIpc) is 2.71. The van der Waals surface area contributed by atoms with Gasteiger partial charge in [-0.2, -0.15) is 4.98 Å². The fraction of sp³-hybridized carbons (Fsp3) is 0.778. The van der Waals surface area contributed by atoms with E-state index in [1.54, 1.807) is 0 Å². The lowest BCUT2D eigenvalue weighted by Crippen LogP contribution is -2.31. The Labute approximate surface area is 84.5 Å². The molecule has 0 radical (unpaired) electrons. The molecular formula is C9H18N4O. The van der Waals surface area contributed by atoms with Crippen molar-refractivity contribution >= 4 is 0 Å². The van der Waals surface area contributed by atoms with Crippen molar-refractivity contribution < 1.29 is 4.52 Å². The number of rotatable bonds is 7.